The normalized spacial score (nSPS) is 17.3. The van der Waals surface area contributed by atoms with Crippen molar-refractivity contribution >= 4 is 5.91 Å². The third-order valence-corrected chi connectivity index (χ3v) is 3.79. The monoisotopic (exact) mass is 212 g/mol. The fourth-order valence-corrected chi connectivity index (χ4v) is 2.08. The number of amides is 1. The highest BCUT2D eigenvalue weighted by Crippen LogP contribution is 2.27. The molecule has 0 aliphatic heterocycles. The Labute approximate surface area is 93.0 Å². The number of carbonyl (C=O) groups is 1. The summed E-state index contributed by atoms with van der Waals surface area (Å²) in [6.45, 7) is 4.86. The Morgan fingerprint density at radius 2 is 1.93 bits per heavy atom. The summed E-state index contributed by atoms with van der Waals surface area (Å²) in [7, 11) is 1.88. The summed E-state index contributed by atoms with van der Waals surface area (Å²) >= 11 is 0. The number of rotatable bonds is 5. The predicted molar refractivity (Wildman–Crippen MR) is 62.5 cm³/mol. The summed E-state index contributed by atoms with van der Waals surface area (Å²) in [5.41, 5.74) is 5.44. The van der Waals surface area contributed by atoms with Crippen LogP contribution in [0.2, 0.25) is 0 Å². The van der Waals surface area contributed by atoms with Crippen molar-refractivity contribution in [3.05, 3.63) is 0 Å². The number of hydrogen-bond acceptors (Lipinski definition) is 2. The van der Waals surface area contributed by atoms with E-state index >= 15 is 0 Å². The highest BCUT2D eigenvalue weighted by atomic mass is 16.2. The van der Waals surface area contributed by atoms with Gasteiger partial charge in [-0.15, -0.1) is 0 Å². The molecule has 1 aliphatic rings. The van der Waals surface area contributed by atoms with Crippen molar-refractivity contribution in [3.63, 3.8) is 0 Å². The number of nitrogens with zero attached hydrogens (tertiary/aromatic N) is 1. The molecule has 1 fully saturated rings. The molecule has 0 aromatic heterocycles. The maximum Gasteiger partial charge on any atom is 0.242 e. The average molecular weight is 212 g/mol. The van der Waals surface area contributed by atoms with Crippen LogP contribution in [0.25, 0.3) is 0 Å². The van der Waals surface area contributed by atoms with E-state index in [0.29, 0.717) is 0 Å². The van der Waals surface area contributed by atoms with E-state index in [1.807, 2.05) is 25.8 Å². The van der Waals surface area contributed by atoms with Crippen LogP contribution in [0.3, 0.4) is 0 Å². The lowest BCUT2D eigenvalue weighted by Gasteiger charge is -2.35. The van der Waals surface area contributed by atoms with Crippen molar-refractivity contribution in [3.8, 4) is 0 Å². The first-order chi connectivity index (χ1) is 7.03. The average Bonchev–Trinajstić information content (AvgIpc) is 2.20. The van der Waals surface area contributed by atoms with Gasteiger partial charge in [-0.3, -0.25) is 4.79 Å². The van der Waals surface area contributed by atoms with Gasteiger partial charge in [0.25, 0.3) is 0 Å². The Morgan fingerprint density at radius 1 is 1.40 bits per heavy atom. The molecule has 1 rings (SSSR count). The Hall–Kier alpha value is -0.570. The fraction of sp³-hybridized carbons (Fsp3) is 0.917. The second kappa shape index (κ2) is 4.97. The van der Waals surface area contributed by atoms with Crippen LogP contribution in [0.4, 0.5) is 0 Å². The molecule has 0 spiro atoms. The molecule has 1 aliphatic carbocycles. The van der Waals surface area contributed by atoms with Crippen molar-refractivity contribution in [2.24, 2.45) is 11.7 Å². The lowest BCUT2D eigenvalue weighted by atomic mass is 9.84. The van der Waals surface area contributed by atoms with Gasteiger partial charge in [-0.1, -0.05) is 20.3 Å². The molecule has 0 radical (unpaired) electrons. The van der Waals surface area contributed by atoms with Gasteiger partial charge in [-0.2, -0.15) is 0 Å². The molecule has 3 heteroatoms. The van der Waals surface area contributed by atoms with Gasteiger partial charge in [0.15, 0.2) is 0 Å². The molecule has 0 bridgehead atoms. The van der Waals surface area contributed by atoms with Crippen LogP contribution in [0.1, 0.15) is 46.0 Å². The summed E-state index contributed by atoms with van der Waals surface area (Å²) < 4.78 is 0. The van der Waals surface area contributed by atoms with Crippen LogP contribution in [-0.2, 0) is 4.79 Å². The molecule has 1 amide bonds. The summed E-state index contributed by atoms with van der Waals surface area (Å²) in [4.78, 5) is 13.9. The van der Waals surface area contributed by atoms with E-state index in [2.05, 4.69) is 0 Å². The highest BCUT2D eigenvalue weighted by Gasteiger charge is 2.33. The lowest BCUT2D eigenvalue weighted by molar-refractivity contribution is -0.136. The first-order valence-electron chi connectivity index (χ1n) is 6.08. The molecular formula is C12H24N2O. The minimum Gasteiger partial charge on any atom is -0.344 e. The second-order valence-electron chi connectivity index (χ2n) is 4.85. The van der Waals surface area contributed by atoms with Crippen LogP contribution < -0.4 is 5.73 Å². The molecule has 0 saturated heterocycles. The standard InChI is InChI=1S/C12H24N2O/c1-4-12(13,5-2)11(15)14(3)9-10-7-6-8-10/h10H,4-9,13H2,1-3H3. The SMILES string of the molecule is CCC(N)(CC)C(=O)N(C)CC1CCC1. The summed E-state index contributed by atoms with van der Waals surface area (Å²) in [6, 6.07) is 0. The molecular weight excluding hydrogens is 188 g/mol. The number of likely N-dealkylation sites (N-methyl/N-ethyl adjacent to an activating group) is 1. The van der Waals surface area contributed by atoms with Gasteiger partial charge in [-0.05, 0) is 31.6 Å². The predicted octanol–water partition coefficient (Wildman–Crippen LogP) is 1.76. The van der Waals surface area contributed by atoms with Crippen molar-refractivity contribution in [1.29, 1.82) is 0 Å². The fourth-order valence-electron chi connectivity index (χ4n) is 2.08. The molecule has 3 nitrogen and oxygen atoms in total. The Morgan fingerprint density at radius 3 is 2.27 bits per heavy atom. The topological polar surface area (TPSA) is 46.3 Å². The van der Waals surface area contributed by atoms with Gasteiger partial charge < -0.3 is 10.6 Å². The third-order valence-electron chi connectivity index (χ3n) is 3.79. The van der Waals surface area contributed by atoms with E-state index in [0.717, 1.165) is 25.3 Å². The van der Waals surface area contributed by atoms with Crippen LogP contribution in [0.15, 0.2) is 0 Å². The van der Waals surface area contributed by atoms with Gasteiger partial charge in [0.05, 0.1) is 5.54 Å². The second-order valence-corrected chi connectivity index (χ2v) is 4.85. The van der Waals surface area contributed by atoms with E-state index in [-0.39, 0.29) is 5.91 Å². The minimum atomic E-state index is -0.640. The van der Waals surface area contributed by atoms with E-state index in [9.17, 15) is 4.79 Å². The molecule has 2 N–H and O–H groups in total. The minimum absolute atomic E-state index is 0.111. The van der Waals surface area contributed by atoms with Crippen LogP contribution in [0, 0.1) is 5.92 Å². The van der Waals surface area contributed by atoms with Gasteiger partial charge in [-0.25, -0.2) is 0 Å². The number of nitrogens with two attached hydrogens (primary N) is 1. The molecule has 88 valence electrons. The molecule has 0 aromatic carbocycles. The highest BCUT2D eigenvalue weighted by molar-refractivity contribution is 5.85. The molecule has 0 heterocycles. The van der Waals surface area contributed by atoms with Gasteiger partial charge in [0, 0.05) is 13.6 Å². The van der Waals surface area contributed by atoms with Gasteiger partial charge in [0.1, 0.15) is 0 Å². The van der Waals surface area contributed by atoms with Gasteiger partial charge in [0.2, 0.25) is 5.91 Å². The number of carbonyl (C=O) groups excluding carboxylic acids is 1. The largest absolute Gasteiger partial charge is 0.344 e. The smallest absolute Gasteiger partial charge is 0.242 e. The summed E-state index contributed by atoms with van der Waals surface area (Å²) in [6.07, 6.45) is 5.30. The first kappa shape index (κ1) is 12.5. The first-order valence-corrected chi connectivity index (χ1v) is 6.08. The van der Waals surface area contributed by atoms with Crippen molar-refractivity contribution in [2.75, 3.05) is 13.6 Å². The molecule has 1 saturated carbocycles. The quantitative estimate of drug-likeness (QED) is 0.755. The third kappa shape index (κ3) is 2.71. The Balaban J connectivity index is 2.49. The molecule has 0 unspecified atom stereocenters. The zero-order valence-corrected chi connectivity index (χ0v) is 10.3. The maximum absolute atomic E-state index is 12.1. The Kier molecular flexibility index (Phi) is 4.14. The lowest BCUT2D eigenvalue weighted by Crippen LogP contribution is -2.54. The zero-order chi connectivity index (χ0) is 11.5. The molecule has 0 aromatic rings. The van der Waals surface area contributed by atoms with Gasteiger partial charge >= 0.3 is 0 Å². The van der Waals surface area contributed by atoms with E-state index in [1.165, 1.54) is 19.3 Å². The van der Waals surface area contributed by atoms with Crippen LogP contribution in [0.5, 0.6) is 0 Å². The van der Waals surface area contributed by atoms with E-state index in [4.69, 9.17) is 5.73 Å². The van der Waals surface area contributed by atoms with Crippen molar-refractivity contribution in [1.82, 2.24) is 4.90 Å². The van der Waals surface area contributed by atoms with E-state index in [1.54, 1.807) is 0 Å². The van der Waals surface area contributed by atoms with E-state index < -0.39 is 5.54 Å². The maximum atomic E-state index is 12.1. The summed E-state index contributed by atoms with van der Waals surface area (Å²) in [5, 5.41) is 0. The zero-order valence-electron chi connectivity index (χ0n) is 10.3. The molecule has 15 heavy (non-hydrogen) atoms. The van der Waals surface area contributed by atoms with Crippen LogP contribution >= 0.6 is 0 Å². The van der Waals surface area contributed by atoms with Crippen molar-refractivity contribution < 1.29 is 4.79 Å². The van der Waals surface area contributed by atoms with Crippen LogP contribution in [-0.4, -0.2) is 29.9 Å². The van der Waals surface area contributed by atoms with Crippen molar-refractivity contribution in [2.45, 2.75) is 51.5 Å². The Bertz CT molecular complexity index is 220. The molecule has 0 atom stereocenters. The summed E-state index contributed by atoms with van der Waals surface area (Å²) in [5.74, 6) is 0.830. The number of hydrogen-bond donors (Lipinski definition) is 1.